The monoisotopic (exact) mass is 426 g/mol. The van der Waals surface area contributed by atoms with E-state index in [0.29, 0.717) is 17.5 Å². The van der Waals surface area contributed by atoms with Gasteiger partial charge in [0.25, 0.3) is 0 Å². The normalized spacial score (nSPS) is 18.2. The molecule has 2 rings (SSSR count). The number of nitrogens with zero attached hydrogens (tertiary/aromatic N) is 1. The number of hydrogen-bond acceptors (Lipinski definition) is 3. The summed E-state index contributed by atoms with van der Waals surface area (Å²) in [6.07, 6.45) is 0.707. The summed E-state index contributed by atoms with van der Waals surface area (Å²) in [6, 6.07) is 5.72. The SMILES string of the molecule is COc1ccc(CN2C[CH]([Zn])CC2=O)c(OC)c1.I. The number of likely N-dealkylation sites (tertiary alicyclic amines) is 1. The van der Waals surface area contributed by atoms with Gasteiger partial charge >= 0.3 is 117 Å². The number of methoxy groups -OCH3 is 2. The van der Waals surface area contributed by atoms with Gasteiger partial charge in [0.2, 0.25) is 0 Å². The fraction of sp³-hybridized carbons (Fsp3) is 0.462. The fourth-order valence-corrected chi connectivity index (χ4v) is 3.37. The molecule has 1 aliphatic rings. The minimum Gasteiger partial charge on any atom is -0.107 e. The summed E-state index contributed by atoms with van der Waals surface area (Å²) in [5.41, 5.74) is 1.03. The summed E-state index contributed by atoms with van der Waals surface area (Å²) in [7, 11) is 3.27. The quantitative estimate of drug-likeness (QED) is 0.547. The molecule has 0 saturated carbocycles. The molecule has 0 spiro atoms. The van der Waals surface area contributed by atoms with E-state index in [1.165, 1.54) is 18.3 Å². The van der Waals surface area contributed by atoms with E-state index in [2.05, 4.69) is 0 Å². The van der Waals surface area contributed by atoms with Crippen LogP contribution in [0.1, 0.15) is 12.0 Å². The summed E-state index contributed by atoms with van der Waals surface area (Å²) in [6.45, 7) is 1.51. The summed E-state index contributed by atoms with van der Waals surface area (Å²) < 4.78 is 11.1. The number of ether oxygens (including phenoxy) is 2. The number of carbonyl (C=O) groups excluding carboxylic acids is 1. The van der Waals surface area contributed by atoms with Crippen molar-refractivity contribution in [2.75, 3.05) is 20.8 Å². The van der Waals surface area contributed by atoms with Crippen molar-refractivity contribution < 1.29 is 32.6 Å². The second-order valence-corrected chi connectivity index (χ2v) is 6.94. The Balaban J connectivity index is 0.00000180. The Hall–Kier alpha value is -0.357. The number of carbonyl (C=O) groups is 1. The molecule has 1 fully saturated rings. The molecule has 1 aliphatic heterocycles. The van der Waals surface area contributed by atoms with Gasteiger partial charge in [0.1, 0.15) is 0 Å². The number of hydrogen-bond donors (Lipinski definition) is 0. The minimum atomic E-state index is 0. The molecular formula is C13H17INO3Zn. The van der Waals surface area contributed by atoms with E-state index in [9.17, 15) is 4.79 Å². The molecule has 1 unspecified atom stereocenters. The standard InChI is InChI=1S/C13H16NO3.HI.Zn/c1-16-11-6-5-10(12(8-11)17-2)9-14-7-3-4-13(14)15;;/h3,5-6,8H,4,7,9H2,1-2H3;1H;. The minimum absolute atomic E-state index is 0. The van der Waals surface area contributed by atoms with Crippen molar-refractivity contribution in [3.05, 3.63) is 23.8 Å². The predicted octanol–water partition coefficient (Wildman–Crippen LogP) is 2.39. The van der Waals surface area contributed by atoms with E-state index in [0.717, 1.165) is 23.6 Å². The maximum atomic E-state index is 11.8. The molecule has 6 heteroatoms. The number of amides is 1. The third-order valence-electron chi connectivity index (χ3n) is 3.15. The second-order valence-electron chi connectivity index (χ2n) is 4.52. The average molecular weight is 428 g/mol. The zero-order valence-corrected chi connectivity index (χ0v) is 16.5. The smallest absolute Gasteiger partial charge is 0.107 e. The van der Waals surface area contributed by atoms with Crippen LogP contribution in [0.2, 0.25) is 4.51 Å². The van der Waals surface area contributed by atoms with Crippen LogP contribution in [0.3, 0.4) is 0 Å². The maximum Gasteiger partial charge on any atom is -0.107 e. The van der Waals surface area contributed by atoms with Crippen LogP contribution in [-0.2, 0) is 29.6 Å². The van der Waals surface area contributed by atoms with Gasteiger partial charge in [0.05, 0.1) is 0 Å². The maximum absolute atomic E-state index is 11.8. The van der Waals surface area contributed by atoms with Crippen molar-refractivity contribution in [1.29, 1.82) is 0 Å². The van der Waals surface area contributed by atoms with Crippen molar-refractivity contribution in [2.24, 2.45) is 0 Å². The second kappa shape index (κ2) is 7.43. The first-order valence-electron chi connectivity index (χ1n) is 5.95. The van der Waals surface area contributed by atoms with E-state index in [1.54, 1.807) is 14.2 Å². The molecule has 1 aromatic rings. The molecule has 1 saturated heterocycles. The molecule has 19 heavy (non-hydrogen) atoms. The van der Waals surface area contributed by atoms with Crippen LogP contribution in [0.15, 0.2) is 18.2 Å². The molecule has 0 bridgehead atoms. The molecule has 1 atom stereocenters. The topological polar surface area (TPSA) is 38.8 Å². The Bertz CT molecular complexity index is 456. The van der Waals surface area contributed by atoms with Gasteiger partial charge in [-0.25, -0.2) is 0 Å². The Morgan fingerprint density at radius 3 is 2.63 bits per heavy atom. The van der Waals surface area contributed by atoms with Gasteiger partial charge in [0, 0.05) is 0 Å². The van der Waals surface area contributed by atoms with Crippen molar-refractivity contribution in [3.63, 3.8) is 0 Å². The largest absolute Gasteiger partial charge is 0.107 e. The van der Waals surface area contributed by atoms with E-state index >= 15 is 0 Å². The van der Waals surface area contributed by atoms with Crippen LogP contribution < -0.4 is 9.47 Å². The first-order valence-corrected chi connectivity index (χ1v) is 7.67. The van der Waals surface area contributed by atoms with E-state index in [1.807, 2.05) is 23.1 Å². The van der Waals surface area contributed by atoms with Gasteiger partial charge in [-0.15, -0.1) is 24.0 Å². The van der Waals surface area contributed by atoms with Crippen molar-refractivity contribution in [2.45, 2.75) is 17.5 Å². The van der Waals surface area contributed by atoms with Crippen molar-refractivity contribution in [1.82, 2.24) is 4.90 Å². The predicted molar refractivity (Wildman–Crippen MR) is 78.7 cm³/mol. The van der Waals surface area contributed by atoms with Crippen LogP contribution in [0.25, 0.3) is 0 Å². The summed E-state index contributed by atoms with van der Waals surface area (Å²) in [4.78, 5) is 13.7. The molecule has 1 heterocycles. The Kier molecular flexibility index (Phi) is 6.53. The molecule has 4 nitrogen and oxygen atoms in total. The van der Waals surface area contributed by atoms with Crippen molar-refractivity contribution in [3.8, 4) is 11.5 Å². The number of rotatable bonds is 4. The van der Waals surface area contributed by atoms with Gasteiger partial charge in [0.15, 0.2) is 0 Å². The van der Waals surface area contributed by atoms with E-state index in [4.69, 9.17) is 9.47 Å². The molecular weight excluding hydrogens is 410 g/mol. The van der Waals surface area contributed by atoms with Gasteiger partial charge in [-0.05, 0) is 0 Å². The van der Waals surface area contributed by atoms with Crippen molar-refractivity contribution >= 4 is 29.9 Å². The van der Waals surface area contributed by atoms with Gasteiger partial charge in [-0.1, -0.05) is 0 Å². The Morgan fingerprint density at radius 1 is 1.37 bits per heavy atom. The van der Waals surface area contributed by atoms with Crippen LogP contribution in [0, 0.1) is 0 Å². The van der Waals surface area contributed by atoms with Crippen LogP contribution in [0.4, 0.5) is 0 Å². The number of benzene rings is 1. The molecule has 0 N–H and O–H groups in total. The van der Waals surface area contributed by atoms with Gasteiger partial charge in [-0.3, -0.25) is 0 Å². The zero-order valence-electron chi connectivity index (χ0n) is 11.2. The average Bonchev–Trinajstić information content (AvgIpc) is 2.68. The fourth-order valence-electron chi connectivity index (χ4n) is 2.19. The summed E-state index contributed by atoms with van der Waals surface area (Å²) >= 11 is 1.18. The van der Waals surface area contributed by atoms with E-state index in [-0.39, 0.29) is 29.9 Å². The molecule has 0 aromatic heterocycles. The van der Waals surface area contributed by atoms with Crippen LogP contribution in [-0.4, -0.2) is 31.6 Å². The molecule has 1 aromatic carbocycles. The van der Waals surface area contributed by atoms with Gasteiger partial charge in [-0.2, -0.15) is 0 Å². The third kappa shape index (κ3) is 4.05. The summed E-state index contributed by atoms with van der Waals surface area (Å²) in [5.74, 6) is 1.80. The Morgan fingerprint density at radius 2 is 2.11 bits per heavy atom. The summed E-state index contributed by atoms with van der Waals surface area (Å²) in [5, 5.41) is 0. The van der Waals surface area contributed by atoms with Crippen LogP contribution in [0.5, 0.6) is 11.5 Å². The first kappa shape index (κ1) is 16.7. The Labute approximate surface area is 140 Å². The molecule has 1 amide bonds. The molecule has 0 radical (unpaired) electrons. The van der Waals surface area contributed by atoms with E-state index < -0.39 is 0 Å². The third-order valence-corrected chi connectivity index (χ3v) is 4.30. The molecule has 101 valence electrons. The number of halogens is 1. The zero-order chi connectivity index (χ0) is 13.1. The first-order chi connectivity index (χ1) is 8.63. The molecule has 0 aliphatic carbocycles. The van der Waals surface area contributed by atoms with Gasteiger partial charge < -0.3 is 0 Å². The van der Waals surface area contributed by atoms with Crippen LogP contribution >= 0.6 is 24.0 Å².